The summed E-state index contributed by atoms with van der Waals surface area (Å²) in [5, 5.41) is 4.09. The second-order valence-electron chi connectivity index (χ2n) is 4.42. The lowest BCUT2D eigenvalue weighted by atomic mass is 10.3. The molecule has 0 saturated heterocycles. The molecule has 0 aliphatic rings. The van der Waals surface area contributed by atoms with E-state index in [-0.39, 0.29) is 0 Å². The summed E-state index contributed by atoms with van der Waals surface area (Å²) < 4.78 is 0. The average Bonchev–Trinajstić information content (AvgIpc) is 2.35. The van der Waals surface area contributed by atoms with Gasteiger partial charge >= 0.3 is 0 Å². The molecule has 0 unspecified atom stereocenters. The second-order valence-corrected chi connectivity index (χ2v) is 5.19. The van der Waals surface area contributed by atoms with Crippen LogP contribution in [-0.4, -0.2) is 35.4 Å². The number of hydrogen-bond donors (Lipinski definition) is 1. The van der Waals surface area contributed by atoms with Gasteiger partial charge in [-0.05, 0) is 33.4 Å². The zero-order valence-electron chi connectivity index (χ0n) is 12.0. The Hall–Kier alpha value is -0.970. The van der Waals surface area contributed by atoms with Gasteiger partial charge in [0.25, 0.3) is 0 Å². The smallest absolute Gasteiger partial charge is 0.191 e. The Balaban J connectivity index is 3.07. The summed E-state index contributed by atoms with van der Waals surface area (Å²) in [6, 6.07) is 2.49. The largest absolute Gasteiger partial charge is 0.370 e. The minimum Gasteiger partial charge on any atom is -0.370 e. The van der Waals surface area contributed by atoms with Gasteiger partial charge in [0.05, 0.1) is 0 Å². The van der Waals surface area contributed by atoms with Crippen molar-refractivity contribution in [2.45, 2.75) is 45.3 Å². The predicted molar refractivity (Wildman–Crippen MR) is 80.7 cm³/mol. The van der Waals surface area contributed by atoms with Gasteiger partial charge in [-0.25, -0.2) is 9.97 Å². The number of anilines is 2. The second kappa shape index (κ2) is 7.46. The Bertz CT molecular complexity index is 368. The Morgan fingerprint density at radius 3 is 2.56 bits per heavy atom. The summed E-state index contributed by atoms with van der Waals surface area (Å²) in [6.07, 6.45) is 3.13. The van der Waals surface area contributed by atoms with Crippen LogP contribution < -0.4 is 10.2 Å². The number of nitrogens with zero attached hydrogens (tertiary/aromatic N) is 3. The molecular formula is C13H24N4S. The van der Waals surface area contributed by atoms with Crippen molar-refractivity contribution < 1.29 is 0 Å². The van der Waals surface area contributed by atoms with Crippen molar-refractivity contribution >= 4 is 23.4 Å². The van der Waals surface area contributed by atoms with Gasteiger partial charge in [-0.1, -0.05) is 18.7 Å². The molecule has 0 aromatic carbocycles. The molecule has 18 heavy (non-hydrogen) atoms. The van der Waals surface area contributed by atoms with Gasteiger partial charge in [0.2, 0.25) is 0 Å². The molecule has 1 N–H and O–H groups in total. The molecule has 0 spiro atoms. The monoisotopic (exact) mass is 268 g/mol. The van der Waals surface area contributed by atoms with Crippen LogP contribution in [0.4, 0.5) is 11.6 Å². The zero-order chi connectivity index (χ0) is 13.5. The molecule has 0 aliphatic carbocycles. The quantitative estimate of drug-likeness (QED) is 0.607. The van der Waals surface area contributed by atoms with E-state index in [2.05, 4.69) is 47.9 Å². The highest BCUT2D eigenvalue weighted by atomic mass is 32.2. The third-order valence-electron chi connectivity index (χ3n) is 2.61. The van der Waals surface area contributed by atoms with Gasteiger partial charge in [-0.3, -0.25) is 0 Å². The number of aromatic nitrogens is 2. The summed E-state index contributed by atoms with van der Waals surface area (Å²) >= 11 is 1.58. The third kappa shape index (κ3) is 4.05. The van der Waals surface area contributed by atoms with E-state index < -0.39 is 0 Å². The summed E-state index contributed by atoms with van der Waals surface area (Å²) in [7, 11) is 0. The molecule has 4 nitrogen and oxygen atoms in total. The Morgan fingerprint density at radius 1 is 1.33 bits per heavy atom. The van der Waals surface area contributed by atoms with Crippen molar-refractivity contribution in [1.82, 2.24) is 9.97 Å². The topological polar surface area (TPSA) is 41.0 Å². The molecule has 0 amide bonds. The van der Waals surface area contributed by atoms with Crippen LogP contribution in [0.3, 0.4) is 0 Å². The summed E-state index contributed by atoms with van der Waals surface area (Å²) in [5.41, 5.74) is 0. The molecular weight excluding hydrogens is 244 g/mol. The molecule has 0 bridgehead atoms. The lowest BCUT2D eigenvalue weighted by molar-refractivity contribution is 0.656. The van der Waals surface area contributed by atoms with E-state index in [1.54, 1.807) is 11.8 Å². The van der Waals surface area contributed by atoms with Crippen molar-refractivity contribution in [3.8, 4) is 0 Å². The van der Waals surface area contributed by atoms with E-state index in [1.165, 1.54) is 0 Å². The molecule has 1 aromatic heterocycles. The normalized spacial score (nSPS) is 10.8. The first-order valence-corrected chi connectivity index (χ1v) is 7.78. The van der Waals surface area contributed by atoms with E-state index >= 15 is 0 Å². The SMILES string of the molecule is CCCN(c1cc(NCC)nc(SC)n1)C(C)C. The maximum Gasteiger partial charge on any atom is 0.191 e. The summed E-state index contributed by atoms with van der Waals surface area (Å²) in [5.74, 6) is 1.93. The predicted octanol–water partition coefficient (Wildman–Crippen LogP) is 3.26. The Labute approximate surface area is 115 Å². The molecule has 1 aromatic rings. The van der Waals surface area contributed by atoms with Gasteiger partial charge in [0.15, 0.2) is 5.16 Å². The van der Waals surface area contributed by atoms with Gasteiger partial charge in [0, 0.05) is 25.2 Å². The highest BCUT2D eigenvalue weighted by Crippen LogP contribution is 2.22. The third-order valence-corrected chi connectivity index (χ3v) is 3.16. The minimum atomic E-state index is 0.448. The Kier molecular flexibility index (Phi) is 6.25. The summed E-state index contributed by atoms with van der Waals surface area (Å²) in [4.78, 5) is 11.4. The molecule has 1 heterocycles. The molecule has 0 saturated carbocycles. The maximum absolute atomic E-state index is 4.61. The fourth-order valence-corrected chi connectivity index (χ4v) is 2.18. The van der Waals surface area contributed by atoms with Crippen LogP contribution in [-0.2, 0) is 0 Å². The number of hydrogen-bond acceptors (Lipinski definition) is 5. The molecule has 102 valence electrons. The molecule has 0 atom stereocenters. The first-order chi connectivity index (χ1) is 8.62. The highest BCUT2D eigenvalue weighted by Gasteiger charge is 2.13. The number of thioether (sulfide) groups is 1. The zero-order valence-corrected chi connectivity index (χ0v) is 12.8. The minimum absolute atomic E-state index is 0.448. The van der Waals surface area contributed by atoms with Crippen LogP contribution in [0.25, 0.3) is 0 Å². The standard InChI is InChI=1S/C13H24N4S/c1-6-8-17(10(3)4)12-9-11(14-7-2)15-13(16-12)18-5/h9-10H,6-8H2,1-5H3,(H,14,15,16). The van der Waals surface area contributed by atoms with Gasteiger partial charge in [-0.2, -0.15) is 0 Å². The van der Waals surface area contributed by atoms with Crippen molar-refractivity contribution in [2.24, 2.45) is 0 Å². The van der Waals surface area contributed by atoms with Crippen LogP contribution in [0.15, 0.2) is 11.2 Å². The Morgan fingerprint density at radius 2 is 2.06 bits per heavy atom. The van der Waals surface area contributed by atoms with Crippen LogP contribution in [0.1, 0.15) is 34.1 Å². The molecule has 1 rings (SSSR count). The van der Waals surface area contributed by atoms with Crippen molar-refractivity contribution in [1.29, 1.82) is 0 Å². The first-order valence-electron chi connectivity index (χ1n) is 6.55. The maximum atomic E-state index is 4.61. The molecule has 0 fully saturated rings. The molecule has 0 radical (unpaired) electrons. The summed E-state index contributed by atoms with van der Waals surface area (Å²) in [6.45, 7) is 10.6. The van der Waals surface area contributed by atoms with Crippen LogP contribution in [0.5, 0.6) is 0 Å². The van der Waals surface area contributed by atoms with Gasteiger partial charge < -0.3 is 10.2 Å². The average molecular weight is 268 g/mol. The van der Waals surface area contributed by atoms with E-state index in [0.29, 0.717) is 6.04 Å². The number of nitrogens with one attached hydrogen (secondary N) is 1. The molecule has 5 heteroatoms. The fraction of sp³-hybridized carbons (Fsp3) is 0.692. The van der Waals surface area contributed by atoms with Crippen molar-refractivity contribution in [2.75, 3.05) is 29.6 Å². The first kappa shape index (κ1) is 15.1. The van der Waals surface area contributed by atoms with Gasteiger partial charge in [0.1, 0.15) is 11.6 Å². The van der Waals surface area contributed by atoms with Crippen LogP contribution >= 0.6 is 11.8 Å². The van der Waals surface area contributed by atoms with E-state index in [0.717, 1.165) is 36.3 Å². The molecule has 0 aliphatic heterocycles. The van der Waals surface area contributed by atoms with E-state index in [9.17, 15) is 0 Å². The lowest BCUT2D eigenvalue weighted by Crippen LogP contribution is -2.32. The van der Waals surface area contributed by atoms with Crippen molar-refractivity contribution in [3.63, 3.8) is 0 Å². The highest BCUT2D eigenvalue weighted by molar-refractivity contribution is 7.98. The van der Waals surface area contributed by atoms with Crippen molar-refractivity contribution in [3.05, 3.63) is 6.07 Å². The van der Waals surface area contributed by atoms with E-state index in [4.69, 9.17) is 0 Å². The van der Waals surface area contributed by atoms with Crippen LogP contribution in [0, 0.1) is 0 Å². The van der Waals surface area contributed by atoms with Crippen LogP contribution in [0.2, 0.25) is 0 Å². The lowest BCUT2D eigenvalue weighted by Gasteiger charge is -2.28. The van der Waals surface area contributed by atoms with E-state index in [1.807, 2.05) is 12.3 Å². The van der Waals surface area contributed by atoms with Gasteiger partial charge in [-0.15, -0.1) is 0 Å². The number of rotatable bonds is 7. The fourth-order valence-electron chi connectivity index (χ4n) is 1.80.